The number of β-lactam (4-membered cyclic amide) rings is 1. The molecule has 2 heterocycles. The normalized spacial score (nSPS) is 21.2. The second kappa shape index (κ2) is 3.78. The smallest absolute Gasteiger partial charge is 0.245 e. The molecule has 2 N–H and O–H groups in total. The van der Waals surface area contributed by atoms with Crippen LogP contribution < -0.4 is 10.6 Å². The van der Waals surface area contributed by atoms with Crippen molar-refractivity contribution in [2.24, 2.45) is 14.5 Å². The Bertz CT molecular complexity index is 612. The van der Waals surface area contributed by atoms with E-state index in [0.717, 1.165) is 11.4 Å². The topological polar surface area (TPSA) is 71.0 Å². The van der Waals surface area contributed by atoms with Crippen molar-refractivity contribution in [1.82, 2.24) is 0 Å². The lowest BCUT2D eigenvalue weighted by Crippen LogP contribution is -2.61. The molecule has 8 heteroatoms. The van der Waals surface area contributed by atoms with Crippen LogP contribution in [0.15, 0.2) is 14.8 Å². The first-order valence-corrected chi connectivity index (χ1v) is 6.25. The van der Waals surface area contributed by atoms with Gasteiger partial charge in [-0.05, 0) is 6.07 Å². The molecule has 1 amide bonds. The minimum absolute atomic E-state index is 0.163. The predicted molar refractivity (Wildman–Crippen MR) is 68.3 cm³/mol. The zero-order valence-electron chi connectivity index (χ0n) is 8.35. The fraction of sp³-hybridized carbons (Fsp3) is 0.222. The molecular formula is C9H6Cl2N4OS. The van der Waals surface area contributed by atoms with E-state index in [1.165, 1.54) is 4.90 Å². The van der Waals surface area contributed by atoms with E-state index in [2.05, 4.69) is 8.73 Å². The summed E-state index contributed by atoms with van der Waals surface area (Å²) in [6, 6.07) is 1.11. The fourth-order valence-corrected chi connectivity index (χ4v) is 2.98. The standard InChI is InChI=1S/C9H6Cl2N4OS/c10-3-1-4(11)8(7-6(3)13-17-14-7)15-2-5(12)9(15)16/h1,5H,2,12H2. The van der Waals surface area contributed by atoms with Gasteiger partial charge in [-0.15, -0.1) is 0 Å². The molecular weight excluding hydrogens is 283 g/mol. The molecule has 2 aliphatic rings. The summed E-state index contributed by atoms with van der Waals surface area (Å²) >= 11 is 13.1. The molecule has 0 bridgehead atoms. The highest BCUT2D eigenvalue weighted by Gasteiger charge is 2.38. The number of carbonyl (C=O) groups excluding carboxylic acids is 1. The number of fused-ring (bicyclic) bond motifs is 1. The molecule has 0 radical (unpaired) electrons. The SMILES string of the molecule is NC1CN(c2c(Cl)cc(Cl)c3c2N=S=N3)C1=O. The Hall–Kier alpha value is -0.950. The predicted octanol–water partition coefficient (Wildman–Crippen LogP) is 2.39. The van der Waals surface area contributed by atoms with Crippen molar-refractivity contribution in [1.29, 1.82) is 0 Å². The van der Waals surface area contributed by atoms with Crippen LogP contribution in [0.25, 0.3) is 0 Å². The van der Waals surface area contributed by atoms with E-state index in [1.807, 2.05) is 0 Å². The summed E-state index contributed by atoms with van der Waals surface area (Å²) in [5.41, 5.74) is 7.21. The number of nitrogens with two attached hydrogens (primary N) is 1. The van der Waals surface area contributed by atoms with Gasteiger partial charge in [0.2, 0.25) is 5.91 Å². The van der Waals surface area contributed by atoms with Gasteiger partial charge in [0, 0.05) is 0 Å². The van der Waals surface area contributed by atoms with Gasteiger partial charge in [0.1, 0.15) is 17.4 Å². The first-order chi connectivity index (χ1) is 8.09. The number of amides is 1. The number of carbonyl (C=O) groups is 1. The minimum atomic E-state index is -0.455. The van der Waals surface area contributed by atoms with E-state index < -0.39 is 6.04 Å². The van der Waals surface area contributed by atoms with E-state index in [4.69, 9.17) is 28.9 Å². The molecule has 88 valence electrons. The van der Waals surface area contributed by atoms with E-state index >= 15 is 0 Å². The highest BCUT2D eigenvalue weighted by molar-refractivity contribution is 7.58. The second-order valence-electron chi connectivity index (χ2n) is 3.71. The molecule has 17 heavy (non-hydrogen) atoms. The molecule has 0 spiro atoms. The van der Waals surface area contributed by atoms with Crippen LogP contribution in [0.2, 0.25) is 10.0 Å². The fourth-order valence-electron chi connectivity index (χ4n) is 1.77. The van der Waals surface area contributed by atoms with E-state index in [9.17, 15) is 4.79 Å². The Balaban J connectivity index is 2.16. The van der Waals surface area contributed by atoms with Crippen molar-refractivity contribution >= 4 is 57.5 Å². The van der Waals surface area contributed by atoms with Crippen LogP contribution in [-0.2, 0) is 16.1 Å². The number of hydrogen-bond donors (Lipinski definition) is 1. The van der Waals surface area contributed by atoms with Crippen LogP contribution in [-0.4, -0.2) is 18.5 Å². The summed E-state index contributed by atoms with van der Waals surface area (Å²) in [5.74, 6) is -0.163. The minimum Gasteiger partial charge on any atom is -0.318 e. The quantitative estimate of drug-likeness (QED) is 0.819. The van der Waals surface area contributed by atoms with Crippen LogP contribution in [0.4, 0.5) is 17.1 Å². The summed E-state index contributed by atoms with van der Waals surface area (Å²) < 4.78 is 8.21. The number of hydrogen-bond acceptors (Lipinski definition) is 4. The number of halogens is 2. The number of nitrogens with zero attached hydrogens (tertiary/aromatic N) is 3. The number of rotatable bonds is 1. The molecule has 3 rings (SSSR count). The first-order valence-electron chi connectivity index (χ1n) is 4.77. The second-order valence-corrected chi connectivity index (χ2v) is 5.05. The largest absolute Gasteiger partial charge is 0.318 e. The van der Waals surface area contributed by atoms with Gasteiger partial charge in [-0.25, -0.2) is 0 Å². The summed E-state index contributed by atoms with van der Waals surface area (Å²) in [5, 5.41) is 0.815. The molecule has 1 fully saturated rings. The maximum absolute atomic E-state index is 11.6. The third-order valence-electron chi connectivity index (χ3n) is 2.65. The average molecular weight is 289 g/mol. The molecule has 0 saturated carbocycles. The van der Waals surface area contributed by atoms with Gasteiger partial charge in [-0.2, -0.15) is 8.73 Å². The van der Waals surface area contributed by atoms with Gasteiger partial charge in [-0.3, -0.25) is 4.79 Å². The van der Waals surface area contributed by atoms with Crippen LogP contribution in [0, 0.1) is 0 Å². The van der Waals surface area contributed by atoms with Crippen molar-refractivity contribution in [3.63, 3.8) is 0 Å². The summed E-state index contributed by atoms with van der Waals surface area (Å²) in [7, 11) is 0. The summed E-state index contributed by atoms with van der Waals surface area (Å²) in [6.07, 6.45) is 0. The average Bonchev–Trinajstić information content (AvgIpc) is 2.77. The zero-order valence-corrected chi connectivity index (χ0v) is 10.7. The van der Waals surface area contributed by atoms with Crippen molar-refractivity contribution in [3.8, 4) is 0 Å². The van der Waals surface area contributed by atoms with Gasteiger partial charge in [0.25, 0.3) is 0 Å². The van der Waals surface area contributed by atoms with Gasteiger partial charge in [0.15, 0.2) is 0 Å². The molecule has 1 unspecified atom stereocenters. The van der Waals surface area contributed by atoms with Crippen LogP contribution in [0.3, 0.4) is 0 Å². The van der Waals surface area contributed by atoms with E-state index in [1.54, 1.807) is 6.07 Å². The van der Waals surface area contributed by atoms with Crippen LogP contribution in [0.1, 0.15) is 0 Å². The molecule has 5 nitrogen and oxygen atoms in total. The molecule has 2 aliphatic heterocycles. The van der Waals surface area contributed by atoms with E-state index in [-0.39, 0.29) is 5.91 Å². The van der Waals surface area contributed by atoms with E-state index in [0.29, 0.717) is 33.7 Å². The number of anilines is 1. The lowest BCUT2D eigenvalue weighted by atomic mass is 10.1. The zero-order chi connectivity index (χ0) is 12.2. The van der Waals surface area contributed by atoms with Gasteiger partial charge < -0.3 is 10.6 Å². The Labute approximate surface area is 110 Å². The number of benzene rings is 1. The maximum Gasteiger partial charge on any atom is 0.245 e. The molecule has 1 aromatic carbocycles. The maximum atomic E-state index is 11.6. The van der Waals surface area contributed by atoms with Gasteiger partial charge in [-0.1, -0.05) is 23.2 Å². The third kappa shape index (κ3) is 1.52. The van der Waals surface area contributed by atoms with Crippen molar-refractivity contribution in [2.75, 3.05) is 11.4 Å². The van der Waals surface area contributed by atoms with Crippen molar-refractivity contribution < 1.29 is 4.79 Å². The Morgan fingerprint density at radius 2 is 2.06 bits per heavy atom. The lowest BCUT2D eigenvalue weighted by molar-refractivity contribution is -0.123. The molecule has 0 aliphatic carbocycles. The molecule has 1 saturated heterocycles. The third-order valence-corrected chi connectivity index (χ3v) is 3.76. The van der Waals surface area contributed by atoms with Crippen molar-refractivity contribution in [2.45, 2.75) is 6.04 Å². The van der Waals surface area contributed by atoms with Gasteiger partial charge in [0.05, 0.1) is 33.6 Å². The first kappa shape index (κ1) is 11.2. The molecule has 0 aromatic heterocycles. The van der Waals surface area contributed by atoms with Crippen LogP contribution in [0.5, 0.6) is 0 Å². The summed E-state index contributed by atoms with van der Waals surface area (Å²) in [4.78, 5) is 13.1. The Kier molecular flexibility index (Phi) is 2.48. The molecule has 1 atom stereocenters. The lowest BCUT2D eigenvalue weighted by Gasteiger charge is -2.37. The highest BCUT2D eigenvalue weighted by atomic mass is 35.5. The monoisotopic (exact) mass is 288 g/mol. The highest BCUT2D eigenvalue weighted by Crippen LogP contribution is 2.50. The van der Waals surface area contributed by atoms with Gasteiger partial charge >= 0.3 is 0 Å². The Morgan fingerprint density at radius 3 is 2.71 bits per heavy atom. The van der Waals surface area contributed by atoms with Crippen molar-refractivity contribution in [3.05, 3.63) is 16.1 Å². The Morgan fingerprint density at radius 1 is 1.35 bits per heavy atom. The summed E-state index contributed by atoms with van der Waals surface area (Å²) in [6.45, 7) is 0.437. The van der Waals surface area contributed by atoms with Crippen LogP contribution >= 0.6 is 23.2 Å². The molecule has 1 aromatic rings.